The molecule has 0 saturated carbocycles. The monoisotopic (exact) mass is 291 g/mol. The predicted octanol–water partition coefficient (Wildman–Crippen LogP) is 1.26. The van der Waals surface area contributed by atoms with Gasteiger partial charge in [-0.1, -0.05) is 25.1 Å². The van der Waals surface area contributed by atoms with Gasteiger partial charge in [-0.3, -0.25) is 9.69 Å². The number of aliphatic carboxylic acids is 1. The highest BCUT2D eigenvalue weighted by atomic mass is 16.4. The summed E-state index contributed by atoms with van der Waals surface area (Å²) in [4.78, 5) is 15.9. The maximum atomic E-state index is 11.3. The molecule has 1 unspecified atom stereocenters. The Labute approximate surface area is 126 Å². The fourth-order valence-electron chi connectivity index (χ4n) is 2.63. The average molecular weight is 291 g/mol. The molecule has 5 nitrogen and oxygen atoms in total. The summed E-state index contributed by atoms with van der Waals surface area (Å²) in [7, 11) is 0. The third-order valence-electron chi connectivity index (χ3n) is 3.87. The van der Waals surface area contributed by atoms with Gasteiger partial charge in [-0.2, -0.15) is 0 Å². The molecule has 2 N–H and O–H groups in total. The van der Waals surface area contributed by atoms with E-state index in [1.54, 1.807) is 0 Å². The van der Waals surface area contributed by atoms with Crippen molar-refractivity contribution in [2.24, 2.45) is 0 Å². The van der Waals surface area contributed by atoms with E-state index in [1.807, 2.05) is 13.0 Å². The lowest BCUT2D eigenvalue weighted by Crippen LogP contribution is -2.53. The lowest BCUT2D eigenvalue weighted by molar-refractivity contribution is -0.140. The molecule has 0 amide bonds. The first kappa shape index (κ1) is 15.8. The summed E-state index contributed by atoms with van der Waals surface area (Å²) in [6.45, 7) is 7.09. The van der Waals surface area contributed by atoms with Crippen LogP contribution < -0.4 is 10.2 Å². The normalized spacial score (nSPS) is 17.7. The van der Waals surface area contributed by atoms with E-state index in [-0.39, 0.29) is 0 Å². The van der Waals surface area contributed by atoms with Gasteiger partial charge < -0.3 is 15.3 Å². The summed E-state index contributed by atoms with van der Waals surface area (Å²) >= 11 is 0. The van der Waals surface area contributed by atoms with E-state index in [1.165, 1.54) is 5.69 Å². The molecule has 0 aliphatic carbocycles. The zero-order valence-electron chi connectivity index (χ0n) is 12.7. The second-order valence-corrected chi connectivity index (χ2v) is 5.47. The van der Waals surface area contributed by atoms with Crippen molar-refractivity contribution in [2.75, 3.05) is 44.2 Å². The Hall–Kier alpha value is -1.59. The Bertz CT molecular complexity index is 430. The number of carboxylic acid groups (broad SMARTS) is 1. The van der Waals surface area contributed by atoms with E-state index in [9.17, 15) is 9.90 Å². The molecule has 5 heteroatoms. The number of nitrogens with one attached hydrogen (secondary N) is 1. The summed E-state index contributed by atoms with van der Waals surface area (Å²) in [6.07, 6.45) is 0.950. The molecular formula is C16H25N3O2. The maximum absolute atomic E-state index is 11.3. The molecule has 21 heavy (non-hydrogen) atoms. The van der Waals surface area contributed by atoms with Crippen LogP contribution in [0.4, 0.5) is 5.69 Å². The molecule has 1 aliphatic rings. The maximum Gasteiger partial charge on any atom is 0.322 e. The molecule has 0 spiro atoms. The van der Waals surface area contributed by atoms with Gasteiger partial charge in [0.2, 0.25) is 0 Å². The highest BCUT2D eigenvalue weighted by molar-refractivity contribution is 5.73. The number of para-hydroxylation sites is 1. The summed E-state index contributed by atoms with van der Waals surface area (Å²) in [5, 5.41) is 12.4. The van der Waals surface area contributed by atoms with Gasteiger partial charge in [0.05, 0.1) is 0 Å². The SMILES string of the molecule is CCCNC(CN1CCN(c2ccccc2)CC1)C(=O)O. The summed E-state index contributed by atoms with van der Waals surface area (Å²) in [5.74, 6) is -0.756. The van der Waals surface area contributed by atoms with E-state index in [0.717, 1.165) is 39.1 Å². The molecule has 2 rings (SSSR count). The lowest BCUT2D eigenvalue weighted by atomic mass is 10.2. The summed E-state index contributed by atoms with van der Waals surface area (Å²) in [6, 6.07) is 9.91. The summed E-state index contributed by atoms with van der Waals surface area (Å²) in [5.41, 5.74) is 1.25. The second-order valence-electron chi connectivity index (χ2n) is 5.47. The first-order chi connectivity index (χ1) is 10.2. The van der Waals surface area contributed by atoms with Gasteiger partial charge in [-0.05, 0) is 25.1 Å². The molecule has 116 valence electrons. The van der Waals surface area contributed by atoms with E-state index in [2.05, 4.69) is 39.4 Å². The fraction of sp³-hybridized carbons (Fsp3) is 0.562. The average Bonchev–Trinajstić information content (AvgIpc) is 2.52. The van der Waals surface area contributed by atoms with Crippen LogP contribution in [0.25, 0.3) is 0 Å². The van der Waals surface area contributed by atoms with Crippen molar-refractivity contribution >= 4 is 11.7 Å². The van der Waals surface area contributed by atoms with E-state index < -0.39 is 12.0 Å². The molecule has 1 aromatic rings. The van der Waals surface area contributed by atoms with Crippen LogP contribution in [0.1, 0.15) is 13.3 Å². The zero-order chi connectivity index (χ0) is 15.1. The second kappa shape index (κ2) is 8.00. The molecule has 1 aliphatic heterocycles. The number of anilines is 1. The number of hydrogen-bond acceptors (Lipinski definition) is 4. The van der Waals surface area contributed by atoms with Gasteiger partial charge in [0, 0.05) is 38.4 Å². The molecule has 0 radical (unpaired) electrons. The molecular weight excluding hydrogens is 266 g/mol. The Kier molecular flexibility index (Phi) is 6.02. The van der Waals surface area contributed by atoms with Crippen LogP contribution in [0.2, 0.25) is 0 Å². The molecule has 0 bridgehead atoms. The number of piperazine rings is 1. The fourth-order valence-corrected chi connectivity index (χ4v) is 2.63. The number of benzene rings is 1. The van der Waals surface area contributed by atoms with E-state index in [4.69, 9.17) is 0 Å². The lowest BCUT2D eigenvalue weighted by Gasteiger charge is -2.37. The van der Waals surface area contributed by atoms with Crippen LogP contribution >= 0.6 is 0 Å². The minimum Gasteiger partial charge on any atom is -0.480 e. The van der Waals surface area contributed by atoms with Gasteiger partial charge in [-0.15, -0.1) is 0 Å². The predicted molar refractivity (Wildman–Crippen MR) is 84.8 cm³/mol. The largest absolute Gasteiger partial charge is 0.480 e. The Balaban J connectivity index is 1.81. The van der Waals surface area contributed by atoms with Crippen molar-refractivity contribution in [3.8, 4) is 0 Å². The highest BCUT2D eigenvalue weighted by Crippen LogP contribution is 2.15. The van der Waals surface area contributed by atoms with Gasteiger partial charge >= 0.3 is 5.97 Å². The van der Waals surface area contributed by atoms with Crippen LogP contribution in [-0.2, 0) is 4.79 Å². The topological polar surface area (TPSA) is 55.8 Å². The molecule has 1 aromatic carbocycles. The first-order valence-electron chi connectivity index (χ1n) is 7.69. The number of hydrogen-bond donors (Lipinski definition) is 2. The quantitative estimate of drug-likeness (QED) is 0.792. The summed E-state index contributed by atoms with van der Waals surface area (Å²) < 4.78 is 0. The molecule has 0 aromatic heterocycles. The van der Waals surface area contributed by atoms with Crippen LogP contribution in [0, 0.1) is 0 Å². The molecule has 1 heterocycles. The molecule has 1 fully saturated rings. The van der Waals surface area contributed by atoms with Crippen molar-refractivity contribution in [3.63, 3.8) is 0 Å². The third-order valence-corrected chi connectivity index (χ3v) is 3.87. The Morgan fingerprint density at radius 3 is 2.48 bits per heavy atom. The minimum absolute atomic E-state index is 0.465. The van der Waals surface area contributed by atoms with Gasteiger partial charge in [0.1, 0.15) is 6.04 Å². The van der Waals surface area contributed by atoms with Gasteiger partial charge in [0.15, 0.2) is 0 Å². The smallest absolute Gasteiger partial charge is 0.322 e. The molecule has 1 atom stereocenters. The molecule has 1 saturated heterocycles. The zero-order valence-corrected chi connectivity index (χ0v) is 12.7. The number of carboxylic acids is 1. The van der Waals surface area contributed by atoms with E-state index >= 15 is 0 Å². The first-order valence-corrected chi connectivity index (χ1v) is 7.69. The Morgan fingerprint density at radius 1 is 1.24 bits per heavy atom. The number of nitrogens with zero attached hydrogens (tertiary/aromatic N) is 2. The Morgan fingerprint density at radius 2 is 1.90 bits per heavy atom. The van der Waals surface area contributed by atoms with E-state index in [0.29, 0.717) is 6.54 Å². The van der Waals surface area contributed by atoms with Gasteiger partial charge in [0.25, 0.3) is 0 Å². The van der Waals surface area contributed by atoms with Crippen LogP contribution in [0.5, 0.6) is 0 Å². The van der Waals surface area contributed by atoms with Crippen LogP contribution in [0.3, 0.4) is 0 Å². The van der Waals surface area contributed by atoms with Crippen LogP contribution in [-0.4, -0.2) is 61.3 Å². The third kappa shape index (κ3) is 4.72. The highest BCUT2D eigenvalue weighted by Gasteiger charge is 2.23. The number of rotatable bonds is 7. The van der Waals surface area contributed by atoms with Crippen LogP contribution in [0.15, 0.2) is 30.3 Å². The number of carbonyl (C=O) groups is 1. The minimum atomic E-state index is -0.756. The van der Waals surface area contributed by atoms with Crippen molar-refractivity contribution in [3.05, 3.63) is 30.3 Å². The standard InChI is InChI=1S/C16H25N3O2/c1-2-8-17-15(16(20)21)13-18-9-11-19(12-10-18)14-6-4-3-5-7-14/h3-7,15,17H,2,8-13H2,1H3,(H,20,21). The van der Waals surface area contributed by atoms with Crippen molar-refractivity contribution < 1.29 is 9.90 Å². The van der Waals surface area contributed by atoms with Crippen molar-refractivity contribution in [1.82, 2.24) is 10.2 Å². The van der Waals surface area contributed by atoms with Gasteiger partial charge in [-0.25, -0.2) is 0 Å². The van der Waals surface area contributed by atoms with Crippen molar-refractivity contribution in [2.45, 2.75) is 19.4 Å². The van der Waals surface area contributed by atoms with Crippen molar-refractivity contribution in [1.29, 1.82) is 0 Å².